The summed E-state index contributed by atoms with van der Waals surface area (Å²) in [6.45, 7) is 2.76. The third-order valence-corrected chi connectivity index (χ3v) is 5.17. The zero-order chi connectivity index (χ0) is 22.1. The van der Waals surface area contributed by atoms with Crippen LogP contribution in [0.5, 0.6) is 5.75 Å². The summed E-state index contributed by atoms with van der Waals surface area (Å²) in [5.74, 6) is -0.604. The van der Waals surface area contributed by atoms with Crippen molar-refractivity contribution >= 4 is 52.3 Å². The van der Waals surface area contributed by atoms with Gasteiger partial charge in [-0.25, -0.2) is 0 Å². The summed E-state index contributed by atoms with van der Waals surface area (Å²) >= 11 is 0. The number of fused-ring (bicyclic) bond motifs is 1. The fourth-order valence-corrected chi connectivity index (χ4v) is 3.40. The quantitative estimate of drug-likeness (QED) is 0.344. The van der Waals surface area contributed by atoms with E-state index < -0.39 is 5.97 Å². The number of para-hydroxylation sites is 1. The van der Waals surface area contributed by atoms with Crippen LogP contribution in [0.4, 0.5) is 0 Å². The predicted octanol–water partition coefficient (Wildman–Crippen LogP) is 4.10. The molecule has 0 aliphatic heterocycles. The average molecular weight is 443 g/mol. The fourth-order valence-electron chi connectivity index (χ4n) is 3.40. The number of amides is 1. The van der Waals surface area contributed by atoms with Crippen LogP contribution in [0.3, 0.4) is 0 Å². The number of aliphatic carboxylic acids is 1. The van der Waals surface area contributed by atoms with Gasteiger partial charge in [0.25, 0.3) is 5.91 Å². The molecule has 32 heavy (non-hydrogen) atoms. The SMILES string of the molecule is CCCCC(Cc1ccc(OCCNC(=O)c2cnc3ccccc3c2)cc1)C(=O)O.[Na]. The Labute approximate surface area is 210 Å². The second-order valence-electron chi connectivity index (χ2n) is 7.55. The van der Waals surface area contributed by atoms with Crippen LogP contribution in [-0.2, 0) is 11.2 Å². The Balaban J connectivity index is 0.00000363. The maximum atomic E-state index is 12.3. The van der Waals surface area contributed by atoms with E-state index in [9.17, 15) is 14.7 Å². The molecule has 0 bridgehead atoms. The molecule has 3 rings (SSSR count). The van der Waals surface area contributed by atoms with E-state index in [1.807, 2.05) is 54.6 Å². The van der Waals surface area contributed by atoms with E-state index in [-0.39, 0.29) is 41.4 Å². The van der Waals surface area contributed by atoms with Gasteiger partial charge < -0.3 is 15.2 Å². The van der Waals surface area contributed by atoms with Crippen molar-refractivity contribution in [1.29, 1.82) is 0 Å². The molecule has 0 saturated heterocycles. The summed E-state index contributed by atoms with van der Waals surface area (Å²) in [5.41, 5.74) is 2.35. The van der Waals surface area contributed by atoms with E-state index in [4.69, 9.17) is 4.74 Å². The van der Waals surface area contributed by atoms with E-state index in [0.29, 0.717) is 37.3 Å². The van der Waals surface area contributed by atoms with Gasteiger partial charge in [0.15, 0.2) is 0 Å². The van der Waals surface area contributed by atoms with Crippen LogP contribution in [0.2, 0.25) is 0 Å². The van der Waals surface area contributed by atoms with Gasteiger partial charge in [-0.1, -0.05) is 50.1 Å². The minimum absolute atomic E-state index is 0. The second-order valence-corrected chi connectivity index (χ2v) is 7.55. The van der Waals surface area contributed by atoms with Crippen LogP contribution < -0.4 is 10.1 Å². The smallest absolute Gasteiger partial charge is 0.306 e. The van der Waals surface area contributed by atoms with Gasteiger partial charge in [-0.2, -0.15) is 0 Å². The van der Waals surface area contributed by atoms with Crippen LogP contribution >= 0.6 is 0 Å². The molecule has 3 aromatic rings. The molecular weight excluding hydrogens is 415 g/mol. The van der Waals surface area contributed by atoms with E-state index in [1.54, 1.807) is 6.20 Å². The van der Waals surface area contributed by atoms with Gasteiger partial charge in [-0.3, -0.25) is 14.6 Å². The molecule has 0 fully saturated rings. The molecule has 1 amide bonds. The Kier molecular flexibility index (Phi) is 10.7. The number of unbranched alkanes of at least 4 members (excludes halogenated alkanes) is 1. The standard InChI is InChI=1S/C25H28N2O4.Na/c1-2-3-6-20(25(29)30)15-18-9-11-22(12-10-18)31-14-13-26-24(28)21-16-19-7-4-5-8-23(19)27-17-21;/h4-5,7-12,16-17,20H,2-3,6,13-15H2,1H3,(H,26,28)(H,29,30);. The summed E-state index contributed by atoms with van der Waals surface area (Å²) < 4.78 is 5.69. The van der Waals surface area contributed by atoms with Gasteiger partial charge in [0.1, 0.15) is 12.4 Å². The molecule has 1 unspecified atom stereocenters. The molecule has 1 radical (unpaired) electrons. The van der Waals surface area contributed by atoms with Crippen molar-refractivity contribution in [3.05, 3.63) is 71.9 Å². The van der Waals surface area contributed by atoms with Gasteiger partial charge in [-0.15, -0.1) is 0 Å². The molecule has 1 aromatic heterocycles. The molecule has 0 spiro atoms. The van der Waals surface area contributed by atoms with Gasteiger partial charge in [0, 0.05) is 41.1 Å². The maximum Gasteiger partial charge on any atom is 0.306 e. The summed E-state index contributed by atoms with van der Waals surface area (Å²) in [4.78, 5) is 28.0. The molecule has 163 valence electrons. The number of carbonyl (C=O) groups is 2. The van der Waals surface area contributed by atoms with E-state index in [1.165, 1.54) is 0 Å². The van der Waals surface area contributed by atoms with Crippen molar-refractivity contribution in [1.82, 2.24) is 10.3 Å². The first-order valence-corrected chi connectivity index (χ1v) is 10.6. The number of aromatic nitrogens is 1. The van der Waals surface area contributed by atoms with Gasteiger partial charge in [0.2, 0.25) is 0 Å². The van der Waals surface area contributed by atoms with Crippen LogP contribution in [0, 0.1) is 5.92 Å². The normalized spacial score (nSPS) is 11.4. The predicted molar refractivity (Wildman–Crippen MR) is 126 cm³/mol. The molecule has 2 N–H and O–H groups in total. The molecule has 2 aromatic carbocycles. The number of hydrogen-bond acceptors (Lipinski definition) is 4. The molecule has 0 aliphatic rings. The van der Waals surface area contributed by atoms with Crippen molar-refractivity contribution in [2.45, 2.75) is 32.6 Å². The Morgan fingerprint density at radius 2 is 1.88 bits per heavy atom. The first-order valence-electron chi connectivity index (χ1n) is 10.6. The monoisotopic (exact) mass is 443 g/mol. The number of benzene rings is 2. The Morgan fingerprint density at radius 3 is 2.59 bits per heavy atom. The van der Waals surface area contributed by atoms with Crippen molar-refractivity contribution in [3.63, 3.8) is 0 Å². The van der Waals surface area contributed by atoms with E-state index >= 15 is 0 Å². The van der Waals surface area contributed by atoms with Gasteiger partial charge in [-0.05, 0) is 42.7 Å². The largest absolute Gasteiger partial charge is 0.492 e. The van der Waals surface area contributed by atoms with Crippen LogP contribution in [0.25, 0.3) is 10.9 Å². The van der Waals surface area contributed by atoms with Gasteiger partial charge in [0.05, 0.1) is 23.5 Å². The third kappa shape index (κ3) is 7.62. The maximum absolute atomic E-state index is 12.3. The minimum atomic E-state index is -0.744. The van der Waals surface area contributed by atoms with Crippen molar-refractivity contribution in [2.75, 3.05) is 13.2 Å². The average Bonchev–Trinajstić information content (AvgIpc) is 2.79. The van der Waals surface area contributed by atoms with Crippen molar-refractivity contribution in [2.24, 2.45) is 5.92 Å². The molecule has 7 heteroatoms. The van der Waals surface area contributed by atoms with E-state index in [2.05, 4.69) is 17.2 Å². The number of nitrogens with one attached hydrogen (secondary N) is 1. The molecule has 0 saturated carbocycles. The summed E-state index contributed by atoms with van der Waals surface area (Å²) in [5, 5.41) is 13.1. The molecule has 1 atom stereocenters. The number of carboxylic acids is 1. The zero-order valence-corrected chi connectivity index (χ0v) is 20.7. The number of carboxylic acid groups (broad SMARTS) is 1. The second kappa shape index (κ2) is 13.2. The summed E-state index contributed by atoms with van der Waals surface area (Å²) in [6, 6.07) is 17.0. The number of nitrogens with zero attached hydrogens (tertiary/aromatic N) is 1. The number of carbonyl (C=O) groups excluding carboxylic acids is 1. The van der Waals surface area contributed by atoms with Crippen LogP contribution in [0.1, 0.15) is 42.1 Å². The first-order chi connectivity index (χ1) is 15.1. The van der Waals surface area contributed by atoms with Gasteiger partial charge >= 0.3 is 5.97 Å². The Hall–Kier alpha value is -2.41. The zero-order valence-electron chi connectivity index (χ0n) is 18.7. The van der Waals surface area contributed by atoms with Crippen LogP contribution in [0.15, 0.2) is 60.8 Å². The Bertz CT molecular complexity index is 1020. The summed E-state index contributed by atoms with van der Waals surface area (Å²) in [7, 11) is 0. The van der Waals surface area contributed by atoms with Crippen LogP contribution in [-0.4, -0.2) is 64.7 Å². The van der Waals surface area contributed by atoms with Crippen molar-refractivity contribution < 1.29 is 19.4 Å². The number of rotatable bonds is 11. The minimum Gasteiger partial charge on any atom is -0.492 e. The number of pyridine rings is 1. The third-order valence-electron chi connectivity index (χ3n) is 5.17. The Morgan fingerprint density at radius 1 is 1.12 bits per heavy atom. The fraction of sp³-hybridized carbons (Fsp3) is 0.320. The van der Waals surface area contributed by atoms with E-state index in [0.717, 1.165) is 29.3 Å². The first kappa shape index (κ1) is 25.8. The molecular formula is C25H28N2NaO4. The number of ether oxygens (including phenoxy) is 1. The topological polar surface area (TPSA) is 88.5 Å². The molecule has 1 heterocycles. The van der Waals surface area contributed by atoms with Crippen molar-refractivity contribution in [3.8, 4) is 5.75 Å². The molecule has 6 nitrogen and oxygen atoms in total. The molecule has 0 aliphatic carbocycles. The number of hydrogen-bond donors (Lipinski definition) is 2. The summed E-state index contributed by atoms with van der Waals surface area (Å²) in [6.07, 6.45) is 4.69.